The molecule has 1 N–H and O–H groups in total. The average molecular weight is 224 g/mol. The van der Waals surface area contributed by atoms with Gasteiger partial charge in [-0.25, -0.2) is 4.79 Å². The fourth-order valence-electron chi connectivity index (χ4n) is 0.953. The van der Waals surface area contributed by atoms with Crippen LogP contribution in [0.15, 0.2) is 30.3 Å². The molecule has 0 heterocycles. The number of rotatable bonds is 6. The van der Waals surface area contributed by atoms with E-state index in [-0.39, 0.29) is 19.6 Å². The summed E-state index contributed by atoms with van der Waals surface area (Å²) in [6, 6.07) is 8.82. The highest BCUT2D eigenvalue weighted by Gasteiger charge is 2.05. The van der Waals surface area contributed by atoms with Gasteiger partial charge in [-0.2, -0.15) is 0 Å². The second-order valence-corrected chi connectivity index (χ2v) is 2.97. The number of hydrogen-bond donors (Lipinski definition) is 1. The van der Waals surface area contributed by atoms with E-state index < -0.39 is 11.9 Å². The number of aliphatic carboxylic acids is 1. The van der Waals surface area contributed by atoms with Gasteiger partial charge in [0, 0.05) is 0 Å². The molecule has 5 nitrogen and oxygen atoms in total. The van der Waals surface area contributed by atoms with E-state index in [2.05, 4.69) is 4.74 Å². The monoisotopic (exact) mass is 224 g/mol. The Labute approximate surface area is 92.6 Å². The Morgan fingerprint density at radius 2 is 1.88 bits per heavy atom. The number of ether oxygens (including phenoxy) is 2. The summed E-state index contributed by atoms with van der Waals surface area (Å²) in [5.41, 5.74) is 0. The molecule has 0 aliphatic carbocycles. The number of carbonyl (C=O) groups is 2. The predicted molar refractivity (Wildman–Crippen MR) is 55.1 cm³/mol. The smallest absolute Gasteiger partial charge is 0.344 e. The van der Waals surface area contributed by atoms with Crippen molar-refractivity contribution in [3.8, 4) is 5.75 Å². The molecular formula is C11H12O5. The zero-order valence-corrected chi connectivity index (χ0v) is 8.59. The Bertz CT molecular complexity index is 347. The van der Waals surface area contributed by atoms with Gasteiger partial charge in [0.1, 0.15) is 12.4 Å². The first-order valence-corrected chi connectivity index (χ1v) is 4.74. The maximum Gasteiger partial charge on any atom is 0.344 e. The molecule has 0 saturated heterocycles. The Morgan fingerprint density at radius 3 is 2.50 bits per heavy atom. The number of esters is 1. The number of carboxylic acid groups (broad SMARTS) is 1. The van der Waals surface area contributed by atoms with Crippen molar-refractivity contribution < 1.29 is 24.2 Å². The van der Waals surface area contributed by atoms with Crippen molar-refractivity contribution in [2.45, 2.75) is 6.42 Å². The van der Waals surface area contributed by atoms with Crippen molar-refractivity contribution in [3.63, 3.8) is 0 Å². The second-order valence-electron chi connectivity index (χ2n) is 2.97. The van der Waals surface area contributed by atoms with Gasteiger partial charge in [-0.15, -0.1) is 0 Å². The minimum absolute atomic E-state index is 0.133. The molecule has 5 heteroatoms. The van der Waals surface area contributed by atoms with E-state index in [1.54, 1.807) is 24.3 Å². The van der Waals surface area contributed by atoms with Gasteiger partial charge in [-0.05, 0) is 12.1 Å². The Hall–Kier alpha value is -2.04. The molecule has 0 unspecified atom stereocenters. The fourth-order valence-corrected chi connectivity index (χ4v) is 0.953. The highest BCUT2D eigenvalue weighted by molar-refractivity contribution is 5.72. The summed E-state index contributed by atoms with van der Waals surface area (Å²) in [5.74, 6) is -1.01. The van der Waals surface area contributed by atoms with E-state index in [9.17, 15) is 9.59 Å². The molecule has 0 aliphatic rings. The van der Waals surface area contributed by atoms with Gasteiger partial charge in [0.05, 0.1) is 6.42 Å². The third-order valence-corrected chi connectivity index (χ3v) is 1.68. The lowest BCUT2D eigenvalue weighted by Crippen LogP contribution is -2.16. The molecule has 1 rings (SSSR count). The quantitative estimate of drug-likeness (QED) is 0.732. The van der Waals surface area contributed by atoms with E-state index in [1.165, 1.54) is 0 Å². The largest absolute Gasteiger partial charge is 0.482 e. The van der Waals surface area contributed by atoms with Crippen molar-refractivity contribution in [1.29, 1.82) is 0 Å². The maximum atomic E-state index is 11.1. The van der Waals surface area contributed by atoms with Crippen LogP contribution in [0.5, 0.6) is 5.75 Å². The van der Waals surface area contributed by atoms with Gasteiger partial charge in [-0.3, -0.25) is 4.79 Å². The van der Waals surface area contributed by atoms with Gasteiger partial charge < -0.3 is 14.6 Å². The number of benzene rings is 1. The highest BCUT2D eigenvalue weighted by Crippen LogP contribution is 2.07. The lowest BCUT2D eigenvalue weighted by Gasteiger charge is -2.05. The molecule has 1 aromatic carbocycles. The number of carbonyl (C=O) groups excluding carboxylic acids is 1. The molecular weight excluding hydrogens is 212 g/mol. The molecule has 0 fully saturated rings. The molecule has 0 radical (unpaired) electrons. The molecule has 0 atom stereocenters. The minimum Gasteiger partial charge on any atom is -0.482 e. The molecule has 0 amide bonds. The third-order valence-electron chi connectivity index (χ3n) is 1.68. The van der Waals surface area contributed by atoms with E-state index >= 15 is 0 Å². The molecule has 86 valence electrons. The van der Waals surface area contributed by atoms with Crippen molar-refractivity contribution in [2.24, 2.45) is 0 Å². The van der Waals surface area contributed by atoms with E-state index in [4.69, 9.17) is 9.84 Å². The highest BCUT2D eigenvalue weighted by atomic mass is 16.6. The first kappa shape index (κ1) is 12.0. The van der Waals surface area contributed by atoms with Crippen LogP contribution in [0.1, 0.15) is 6.42 Å². The molecule has 0 spiro atoms. The second kappa shape index (κ2) is 6.44. The van der Waals surface area contributed by atoms with Crippen LogP contribution >= 0.6 is 0 Å². The van der Waals surface area contributed by atoms with Crippen LogP contribution in [0.3, 0.4) is 0 Å². The van der Waals surface area contributed by atoms with Crippen molar-refractivity contribution in [2.75, 3.05) is 13.2 Å². The summed E-state index contributed by atoms with van der Waals surface area (Å²) < 4.78 is 9.73. The molecule has 16 heavy (non-hydrogen) atoms. The van der Waals surface area contributed by atoms with Crippen LogP contribution in [0.4, 0.5) is 0 Å². The van der Waals surface area contributed by atoms with Crippen LogP contribution < -0.4 is 4.74 Å². The van der Waals surface area contributed by atoms with Gasteiger partial charge >= 0.3 is 11.9 Å². The first-order valence-electron chi connectivity index (χ1n) is 4.74. The SMILES string of the molecule is O=C(O)CCOC(=O)COc1ccccc1. The first-order chi connectivity index (χ1) is 7.68. The molecule has 0 aliphatic heterocycles. The van der Waals surface area contributed by atoms with E-state index in [1.807, 2.05) is 6.07 Å². The lowest BCUT2D eigenvalue weighted by molar-refractivity contribution is -0.148. The number of para-hydroxylation sites is 1. The average Bonchev–Trinajstić information content (AvgIpc) is 2.27. The van der Waals surface area contributed by atoms with E-state index in [0.717, 1.165) is 0 Å². The normalized spacial score (nSPS) is 9.50. The number of carboxylic acids is 1. The zero-order valence-electron chi connectivity index (χ0n) is 8.59. The summed E-state index contributed by atoms with van der Waals surface area (Å²) in [4.78, 5) is 21.2. The summed E-state index contributed by atoms with van der Waals surface area (Å²) in [6.07, 6.45) is -0.197. The fraction of sp³-hybridized carbons (Fsp3) is 0.273. The third kappa shape index (κ3) is 4.99. The topological polar surface area (TPSA) is 72.8 Å². The standard InChI is InChI=1S/C11H12O5/c12-10(13)6-7-15-11(14)8-16-9-4-2-1-3-5-9/h1-5H,6-8H2,(H,12,13). The van der Waals surface area contributed by atoms with Crippen molar-refractivity contribution in [3.05, 3.63) is 30.3 Å². The summed E-state index contributed by atoms with van der Waals surface area (Å²) >= 11 is 0. The molecule has 0 bridgehead atoms. The molecule has 0 aromatic heterocycles. The van der Waals surface area contributed by atoms with Gasteiger partial charge in [0.25, 0.3) is 0 Å². The van der Waals surface area contributed by atoms with Crippen molar-refractivity contribution in [1.82, 2.24) is 0 Å². The van der Waals surface area contributed by atoms with Crippen molar-refractivity contribution >= 4 is 11.9 Å². The zero-order chi connectivity index (χ0) is 11.8. The summed E-state index contributed by atoms with van der Waals surface area (Å²) in [5, 5.41) is 8.31. The van der Waals surface area contributed by atoms with E-state index in [0.29, 0.717) is 5.75 Å². The molecule has 1 aromatic rings. The lowest BCUT2D eigenvalue weighted by atomic mass is 10.3. The predicted octanol–water partition coefficient (Wildman–Crippen LogP) is 1.08. The summed E-state index contributed by atoms with van der Waals surface area (Å²) in [6.45, 7) is -0.351. The minimum atomic E-state index is -1.00. The van der Waals surface area contributed by atoms with Crippen LogP contribution in [-0.4, -0.2) is 30.3 Å². The van der Waals surface area contributed by atoms with Crippen LogP contribution in [0.25, 0.3) is 0 Å². The Balaban J connectivity index is 2.18. The summed E-state index contributed by atoms with van der Waals surface area (Å²) in [7, 11) is 0. The van der Waals surface area contributed by atoms with Gasteiger partial charge in [0.2, 0.25) is 0 Å². The Kier molecular flexibility index (Phi) is 4.85. The number of hydrogen-bond acceptors (Lipinski definition) is 4. The Morgan fingerprint density at radius 1 is 1.19 bits per heavy atom. The van der Waals surface area contributed by atoms with Crippen LogP contribution in [-0.2, 0) is 14.3 Å². The molecule has 0 saturated carbocycles. The van der Waals surface area contributed by atoms with Crippen LogP contribution in [0.2, 0.25) is 0 Å². The van der Waals surface area contributed by atoms with Gasteiger partial charge in [-0.1, -0.05) is 18.2 Å². The maximum absolute atomic E-state index is 11.1. The van der Waals surface area contributed by atoms with Gasteiger partial charge in [0.15, 0.2) is 6.61 Å². The van der Waals surface area contributed by atoms with Crippen LogP contribution in [0, 0.1) is 0 Å².